The van der Waals surface area contributed by atoms with Crippen LogP contribution in [0.4, 0.5) is 0 Å². The molecule has 1 aliphatic heterocycles. The topological polar surface area (TPSA) is 72.5 Å². The van der Waals surface area contributed by atoms with Crippen LogP contribution < -0.4 is 0 Å². The van der Waals surface area contributed by atoms with E-state index in [0.717, 1.165) is 38.0 Å². The molecule has 1 aromatic heterocycles. The molecular formula is C14H22N4O2. The van der Waals surface area contributed by atoms with Crippen molar-refractivity contribution in [3.8, 4) is 0 Å². The predicted octanol–water partition coefficient (Wildman–Crippen LogP) is 0.389. The van der Waals surface area contributed by atoms with Crippen molar-refractivity contribution in [2.45, 2.75) is 38.3 Å². The van der Waals surface area contributed by atoms with Gasteiger partial charge in [-0.15, -0.1) is 0 Å². The Morgan fingerprint density at radius 2 is 2.10 bits per heavy atom. The van der Waals surface area contributed by atoms with Gasteiger partial charge < -0.3 is 10.0 Å². The third kappa shape index (κ3) is 2.58. The van der Waals surface area contributed by atoms with E-state index in [1.807, 2.05) is 11.8 Å². The predicted molar refractivity (Wildman–Crippen MR) is 74.4 cm³/mol. The molecule has 2 atom stereocenters. The number of amides is 1. The standard InChI is InChI=1S/C14H22N4O2/c1-10-9-11(16-15-10)14(20)18-7-5-17(6-8-18)12-3-2-4-13(12)19/h9,12-13,19H,2-8H2,1H3,(H,15,16)/t12-,13-/m0/s1. The molecule has 1 saturated carbocycles. The van der Waals surface area contributed by atoms with Gasteiger partial charge in [-0.1, -0.05) is 0 Å². The van der Waals surface area contributed by atoms with Gasteiger partial charge in [-0.05, 0) is 32.3 Å². The molecule has 20 heavy (non-hydrogen) atoms. The smallest absolute Gasteiger partial charge is 0.274 e. The Bertz CT molecular complexity index is 479. The molecule has 3 rings (SSSR count). The van der Waals surface area contributed by atoms with Gasteiger partial charge >= 0.3 is 0 Å². The van der Waals surface area contributed by atoms with Crippen LogP contribution in [0.5, 0.6) is 0 Å². The van der Waals surface area contributed by atoms with Gasteiger partial charge in [0.1, 0.15) is 5.69 Å². The van der Waals surface area contributed by atoms with Gasteiger partial charge in [0.2, 0.25) is 0 Å². The minimum Gasteiger partial charge on any atom is -0.391 e. The van der Waals surface area contributed by atoms with Crippen LogP contribution in [0.2, 0.25) is 0 Å². The molecule has 0 radical (unpaired) electrons. The number of nitrogens with zero attached hydrogens (tertiary/aromatic N) is 3. The molecule has 2 heterocycles. The normalized spacial score (nSPS) is 28.0. The van der Waals surface area contributed by atoms with Gasteiger partial charge in [-0.3, -0.25) is 14.8 Å². The van der Waals surface area contributed by atoms with Crippen molar-refractivity contribution in [3.05, 3.63) is 17.5 Å². The maximum Gasteiger partial charge on any atom is 0.274 e. The lowest BCUT2D eigenvalue weighted by atomic mass is 10.1. The molecule has 0 spiro atoms. The highest BCUT2D eigenvalue weighted by Gasteiger charge is 2.33. The number of carbonyl (C=O) groups excluding carboxylic acids is 1. The number of aromatic amines is 1. The Morgan fingerprint density at radius 1 is 1.35 bits per heavy atom. The van der Waals surface area contributed by atoms with Crippen LogP contribution in [-0.2, 0) is 0 Å². The van der Waals surface area contributed by atoms with Crippen LogP contribution in [0, 0.1) is 6.92 Å². The van der Waals surface area contributed by atoms with E-state index in [2.05, 4.69) is 15.1 Å². The number of nitrogens with one attached hydrogen (secondary N) is 1. The van der Waals surface area contributed by atoms with E-state index in [9.17, 15) is 9.90 Å². The number of rotatable bonds is 2. The average Bonchev–Trinajstić information content (AvgIpc) is 3.07. The van der Waals surface area contributed by atoms with E-state index in [0.29, 0.717) is 24.8 Å². The summed E-state index contributed by atoms with van der Waals surface area (Å²) in [7, 11) is 0. The van der Waals surface area contributed by atoms with Crippen molar-refractivity contribution in [2.75, 3.05) is 26.2 Å². The summed E-state index contributed by atoms with van der Waals surface area (Å²) in [4.78, 5) is 16.5. The summed E-state index contributed by atoms with van der Waals surface area (Å²) < 4.78 is 0. The van der Waals surface area contributed by atoms with E-state index in [-0.39, 0.29) is 12.0 Å². The van der Waals surface area contributed by atoms with Crippen molar-refractivity contribution in [1.82, 2.24) is 20.0 Å². The number of aliphatic hydroxyl groups excluding tert-OH is 1. The number of piperazine rings is 1. The number of aromatic nitrogens is 2. The lowest BCUT2D eigenvalue weighted by Crippen LogP contribution is -2.53. The van der Waals surface area contributed by atoms with Crippen LogP contribution in [0.15, 0.2) is 6.07 Å². The molecule has 1 amide bonds. The lowest BCUT2D eigenvalue weighted by molar-refractivity contribution is 0.0313. The number of hydrogen-bond acceptors (Lipinski definition) is 4. The second-order valence-electron chi connectivity index (χ2n) is 5.83. The van der Waals surface area contributed by atoms with Crippen molar-refractivity contribution >= 4 is 5.91 Å². The number of aliphatic hydroxyl groups is 1. The quantitative estimate of drug-likeness (QED) is 0.821. The lowest BCUT2D eigenvalue weighted by Gasteiger charge is -2.38. The van der Waals surface area contributed by atoms with Gasteiger partial charge in [0.05, 0.1) is 6.10 Å². The van der Waals surface area contributed by atoms with Crippen molar-refractivity contribution < 1.29 is 9.90 Å². The monoisotopic (exact) mass is 278 g/mol. The summed E-state index contributed by atoms with van der Waals surface area (Å²) in [6.07, 6.45) is 2.91. The maximum absolute atomic E-state index is 12.3. The number of aryl methyl sites for hydroxylation is 1. The summed E-state index contributed by atoms with van der Waals surface area (Å²) >= 11 is 0. The van der Waals surface area contributed by atoms with Crippen LogP contribution in [0.1, 0.15) is 35.4 Å². The molecule has 2 fully saturated rings. The molecule has 0 aromatic carbocycles. The molecule has 110 valence electrons. The van der Waals surface area contributed by atoms with Crippen LogP contribution in [0.3, 0.4) is 0 Å². The Morgan fingerprint density at radius 3 is 2.65 bits per heavy atom. The van der Waals surface area contributed by atoms with Crippen LogP contribution in [0.25, 0.3) is 0 Å². The zero-order valence-electron chi connectivity index (χ0n) is 11.9. The van der Waals surface area contributed by atoms with Gasteiger partial charge in [0.25, 0.3) is 5.91 Å². The summed E-state index contributed by atoms with van der Waals surface area (Å²) in [6.45, 7) is 5.01. The van der Waals surface area contributed by atoms with Gasteiger partial charge in [-0.25, -0.2) is 0 Å². The molecule has 1 aromatic rings. The van der Waals surface area contributed by atoms with Crippen molar-refractivity contribution in [2.24, 2.45) is 0 Å². The highest BCUT2D eigenvalue weighted by molar-refractivity contribution is 5.92. The summed E-state index contributed by atoms with van der Waals surface area (Å²) in [6, 6.07) is 2.08. The zero-order chi connectivity index (χ0) is 14.1. The number of carbonyl (C=O) groups is 1. The Labute approximate surface area is 118 Å². The van der Waals surface area contributed by atoms with E-state index in [1.54, 1.807) is 6.07 Å². The third-order valence-corrected chi connectivity index (χ3v) is 4.44. The fourth-order valence-electron chi connectivity index (χ4n) is 3.29. The average molecular weight is 278 g/mol. The second kappa shape index (κ2) is 5.54. The minimum atomic E-state index is -0.189. The molecule has 1 aliphatic carbocycles. The van der Waals surface area contributed by atoms with Gasteiger partial charge in [0, 0.05) is 37.9 Å². The van der Waals surface area contributed by atoms with E-state index in [4.69, 9.17) is 0 Å². The molecular weight excluding hydrogens is 256 g/mol. The van der Waals surface area contributed by atoms with Gasteiger partial charge in [-0.2, -0.15) is 5.10 Å². The minimum absolute atomic E-state index is 0.000899. The van der Waals surface area contributed by atoms with Crippen LogP contribution in [-0.4, -0.2) is 69.3 Å². The van der Waals surface area contributed by atoms with Crippen molar-refractivity contribution in [1.29, 1.82) is 0 Å². The Hall–Kier alpha value is -1.40. The van der Waals surface area contributed by atoms with Crippen LogP contribution >= 0.6 is 0 Å². The van der Waals surface area contributed by atoms with E-state index < -0.39 is 0 Å². The highest BCUT2D eigenvalue weighted by Crippen LogP contribution is 2.25. The molecule has 0 unspecified atom stereocenters. The first-order valence-corrected chi connectivity index (χ1v) is 7.38. The molecule has 6 heteroatoms. The Kier molecular flexibility index (Phi) is 3.76. The molecule has 1 saturated heterocycles. The maximum atomic E-state index is 12.3. The fraction of sp³-hybridized carbons (Fsp3) is 0.714. The second-order valence-corrected chi connectivity index (χ2v) is 5.83. The van der Waals surface area contributed by atoms with E-state index >= 15 is 0 Å². The first kappa shape index (κ1) is 13.6. The molecule has 6 nitrogen and oxygen atoms in total. The molecule has 2 N–H and O–H groups in total. The van der Waals surface area contributed by atoms with Gasteiger partial charge in [0.15, 0.2) is 0 Å². The third-order valence-electron chi connectivity index (χ3n) is 4.44. The number of hydrogen-bond donors (Lipinski definition) is 2. The van der Waals surface area contributed by atoms with E-state index in [1.165, 1.54) is 0 Å². The number of H-pyrrole nitrogens is 1. The first-order chi connectivity index (χ1) is 9.65. The highest BCUT2D eigenvalue weighted by atomic mass is 16.3. The first-order valence-electron chi connectivity index (χ1n) is 7.38. The SMILES string of the molecule is Cc1cc(C(=O)N2CCN([C@H]3CCC[C@@H]3O)CC2)n[nH]1. The van der Waals surface area contributed by atoms with Crippen molar-refractivity contribution in [3.63, 3.8) is 0 Å². The molecule has 2 aliphatic rings. The largest absolute Gasteiger partial charge is 0.391 e. The fourth-order valence-corrected chi connectivity index (χ4v) is 3.29. The molecule has 0 bridgehead atoms. The summed E-state index contributed by atoms with van der Waals surface area (Å²) in [5.74, 6) is 0.000899. The summed E-state index contributed by atoms with van der Waals surface area (Å²) in [5.41, 5.74) is 1.40. The Balaban J connectivity index is 1.57. The zero-order valence-corrected chi connectivity index (χ0v) is 11.9. The summed E-state index contributed by atoms with van der Waals surface area (Å²) in [5, 5.41) is 16.8.